The first-order valence-electron chi connectivity index (χ1n) is 11.6. The largest absolute Gasteiger partial charge is 0.507 e. The fraction of sp³-hybridized carbons (Fsp3) is 0.385. The molecular weight excluding hydrogens is 456 g/mol. The van der Waals surface area contributed by atoms with Gasteiger partial charge in [-0.15, -0.1) is 0 Å². The number of carbonyl (C=O) groups excluding carboxylic acids is 2. The number of ether oxygens (including phenoxy) is 2. The van der Waals surface area contributed by atoms with Crippen molar-refractivity contribution in [1.82, 2.24) is 9.80 Å². The highest BCUT2D eigenvalue weighted by atomic mass is 35.5. The van der Waals surface area contributed by atoms with Crippen LogP contribution in [0.1, 0.15) is 37.4 Å². The zero-order chi connectivity index (χ0) is 24.2. The first kappa shape index (κ1) is 24.1. The molecule has 0 spiro atoms. The molecule has 1 atom stereocenters. The number of rotatable bonds is 8. The second kappa shape index (κ2) is 10.5. The summed E-state index contributed by atoms with van der Waals surface area (Å²) in [5.74, 6) is -0.510. The van der Waals surface area contributed by atoms with Crippen LogP contribution in [0.2, 0.25) is 5.02 Å². The van der Waals surface area contributed by atoms with Crippen molar-refractivity contribution in [2.75, 3.05) is 39.4 Å². The van der Waals surface area contributed by atoms with Crippen LogP contribution < -0.4 is 9.47 Å². The SMILES string of the molecule is CCN(CC)CCCN1C(=O)C(=O)/C(=C(/O)c2ccc3c(c2)OCCO3)[C@H]1c1cccc(Cl)c1. The summed E-state index contributed by atoms with van der Waals surface area (Å²) in [6.07, 6.45) is 0.704. The van der Waals surface area contributed by atoms with Crippen molar-refractivity contribution in [2.45, 2.75) is 26.3 Å². The van der Waals surface area contributed by atoms with E-state index in [2.05, 4.69) is 18.7 Å². The average molecular weight is 485 g/mol. The number of Topliss-reactive ketones (excluding diaryl/α,β-unsaturated/α-hetero) is 1. The van der Waals surface area contributed by atoms with E-state index >= 15 is 0 Å². The van der Waals surface area contributed by atoms with Gasteiger partial charge in [0.2, 0.25) is 0 Å². The summed E-state index contributed by atoms with van der Waals surface area (Å²) in [5.41, 5.74) is 1.11. The summed E-state index contributed by atoms with van der Waals surface area (Å²) >= 11 is 6.25. The van der Waals surface area contributed by atoms with E-state index in [1.54, 1.807) is 41.3 Å². The number of halogens is 1. The number of aliphatic hydroxyl groups is 1. The van der Waals surface area contributed by atoms with E-state index in [4.69, 9.17) is 21.1 Å². The van der Waals surface area contributed by atoms with Crippen molar-refractivity contribution in [2.24, 2.45) is 0 Å². The molecule has 0 saturated carbocycles. The molecule has 2 aromatic carbocycles. The average Bonchev–Trinajstić information content (AvgIpc) is 3.11. The van der Waals surface area contributed by atoms with Crippen LogP contribution in [0, 0.1) is 0 Å². The summed E-state index contributed by atoms with van der Waals surface area (Å²) in [4.78, 5) is 30.1. The molecule has 0 radical (unpaired) electrons. The number of hydrogen-bond acceptors (Lipinski definition) is 6. The Hall–Kier alpha value is -3.03. The van der Waals surface area contributed by atoms with E-state index < -0.39 is 17.7 Å². The Morgan fingerprint density at radius 2 is 1.82 bits per heavy atom. The molecule has 2 aromatic rings. The third-order valence-electron chi connectivity index (χ3n) is 6.29. The van der Waals surface area contributed by atoms with E-state index in [1.165, 1.54) is 0 Å². The highest BCUT2D eigenvalue weighted by Crippen LogP contribution is 2.41. The van der Waals surface area contributed by atoms with Gasteiger partial charge in [-0.1, -0.05) is 37.6 Å². The topological polar surface area (TPSA) is 79.3 Å². The van der Waals surface area contributed by atoms with Gasteiger partial charge >= 0.3 is 0 Å². The number of carbonyl (C=O) groups is 2. The number of likely N-dealkylation sites (tertiary alicyclic amines) is 1. The molecule has 8 heteroatoms. The van der Waals surface area contributed by atoms with Gasteiger partial charge in [0.1, 0.15) is 19.0 Å². The number of hydrogen-bond donors (Lipinski definition) is 1. The van der Waals surface area contributed by atoms with Crippen molar-refractivity contribution >= 4 is 29.1 Å². The fourth-order valence-electron chi connectivity index (χ4n) is 4.48. The van der Waals surface area contributed by atoms with Crippen molar-refractivity contribution in [3.63, 3.8) is 0 Å². The molecular formula is C26H29ClN2O5. The molecule has 1 fully saturated rings. The normalized spacial score (nSPS) is 19.2. The minimum absolute atomic E-state index is 0.0479. The minimum Gasteiger partial charge on any atom is -0.507 e. The molecule has 2 aliphatic heterocycles. The molecule has 2 heterocycles. The number of benzene rings is 2. The van der Waals surface area contributed by atoms with E-state index in [9.17, 15) is 14.7 Å². The maximum absolute atomic E-state index is 13.2. The molecule has 1 saturated heterocycles. The Morgan fingerprint density at radius 3 is 2.53 bits per heavy atom. The summed E-state index contributed by atoms with van der Waals surface area (Å²) < 4.78 is 11.2. The molecule has 0 aliphatic carbocycles. The minimum atomic E-state index is -0.733. The third kappa shape index (κ3) is 4.76. The molecule has 1 N–H and O–H groups in total. The molecule has 34 heavy (non-hydrogen) atoms. The lowest BCUT2D eigenvalue weighted by atomic mass is 9.95. The quantitative estimate of drug-likeness (QED) is 0.342. The summed E-state index contributed by atoms with van der Waals surface area (Å²) in [7, 11) is 0. The molecule has 0 bridgehead atoms. The van der Waals surface area contributed by atoms with Gasteiger partial charge in [0.05, 0.1) is 11.6 Å². The summed E-state index contributed by atoms with van der Waals surface area (Å²) in [6.45, 7) is 8.05. The lowest BCUT2D eigenvalue weighted by Crippen LogP contribution is -2.33. The van der Waals surface area contributed by atoms with Gasteiger partial charge in [-0.05, 0) is 62.0 Å². The van der Waals surface area contributed by atoms with Crippen LogP contribution in [0.5, 0.6) is 11.5 Å². The van der Waals surface area contributed by atoms with Crippen LogP contribution >= 0.6 is 11.6 Å². The number of nitrogens with zero attached hydrogens (tertiary/aromatic N) is 2. The Kier molecular flexibility index (Phi) is 7.44. The van der Waals surface area contributed by atoms with Gasteiger partial charge in [-0.2, -0.15) is 0 Å². The zero-order valence-electron chi connectivity index (χ0n) is 19.4. The summed E-state index contributed by atoms with van der Waals surface area (Å²) in [5, 5.41) is 11.8. The van der Waals surface area contributed by atoms with Gasteiger partial charge in [-0.25, -0.2) is 0 Å². The van der Waals surface area contributed by atoms with Crippen LogP contribution in [0.15, 0.2) is 48.0 Å². The van der Waals surface area contributed by atoms with E-state index in [0.717, 1.165) is 19.6 Å². The van der Waals surface area contributed by atoms with Crippen LogP contribution in [0.3, 0.4) is 0 Å². The van der Waals surface area contributed by atoms with Crippen LogP contribution in [0.25, 0.3) is 5.76 Å². The second-order valence-corrected chi connectivity index (χ2v) is 8.72. The standard InChI is InChI=1S/C26H29ClN2O5/c1-3-28(4-2)11-6-12-29-23(17-7-5-8-19(27)15-17)22(25(31)26(29)32)24(30)18-9-10-20-21(16-18)34-14-13-33-20/h5,7-10,15-16,23,30H,3-4,6,11-14H2,1-2H3/b24-22+/t23-/m1/s1. The zero-order valence-corrected chi connectivity index (χ0v) is 20.2. The molecule has 1 amide bonds. The highest BCUT2D eigenvalue weighted by molar-refractivity contribution is 6.46. The fourth-order valence-corrected chi connectivity index (χ4v) is 4.68. The molecule has 0 unspecified atom stereocenters. The second-order valence-electron chi connectivity index (χ2n) is 8.29. The monoisotopic (exact) mass is 484 g/mol. The van der Waals surface area contributed by atoms with E-state index in [0.29, 0.717) is 53.8 Å². The van der Waals surface area contributed by atoms with Gasteiger partial charge in [0.25, 0.3) is 11.7 Å². The molecule has 180 valence electrons. The van der Waals surface area contributed by atoms with Gasteiger partial charge in [-0.3, -0.25) is 9.59 Å². The Labute approximate surface area is 204 Å². The van der Waals surface area contributed by atoms with Crippen LogP contribution in [0.4, 0.5) is 0 Å². The predicted molar refractivity (Wildman–Crippen MR) is 130 cm³/mol. The number of fused-ring (bicyclic) bond motifs is 1. The van der Waals surface area contributed by atoms with Crippen molar-refractivity contribution < 1.29 is 24.2 Å². The number of amides is 1. The molecule has 0 aromatic heterocycles. The van der Waals surface area contributed by atoms with E-state index in [-0.39, 0.29) is 11.3 Å². The van der Waals surface area contributed by atoms with Gasteiger partial charge in [0, 0.05) is 17.1 Å². The Morgan fingerprint density at radius 1 is 1.09 bits per heavy atom. The third-order valence-corrected chi connectivity index (χ3v) is 6.52. The van der Waals surface area contributed by atoms with Crippen LogP contribution in [-0.2, 0) is 9.59 Å². The lowest BCUT2D eigenvalue weighted by molar-refractivity contribution is -0.140. The van der Waals surface area contributed by atoms with Gasteiger partial charge in [0.15, 0.2) is 11.5 Å². The lowest BCUT2D eigenvalue weighted by Gasteiger charge is -2.27. The molecule has 7 nitrogen and oxygen atoms in total. The highest BCUT2D eigenvalue weighted by Gasteiger charge is 2.46. The first-order valence-corrected chi connectivity index (χ1v) is 12.0. The maximum atomic E-state index is 13.2. The maximum Gasteiger partial charge on any atom is 0.295 e. The number of ketones is 1. The van der Waals surface area contributed by atoms with Crippen molar-refractivity contribution in [3.05, 3.63) is 64.2 Å². The van der Waals surface area contributed by atoms with Gasteiger partial charge < -0.3 is 24.4 Å². The number of aliphatic hydroxyl groups excluding tert-OH is 1. The molecule has 4 rings (SSSR count). The Balaban J connectivity index is 1.73. The van der Waals surface area contributed by atoms with Crippen molar-refractivity contribution in [3.8, 4) is 11.5 Å². The van der Waals surface area contributed by atoms with Crippen LogP contribution in [-0.4, -0.2) is 66.0 Å². The predicted octanol–water partition coefficient (Wildman–Crippen LogP) is 4.26. The van der Waals surface area contributed by atoms with Crippen molar-refractivity contribution in [1.29, 1.82) is 0 Å². The Bertz CT molecular complexity index is 1110. The van der Waals surface area contributed by atoms with E-state index in [1.807, 2.05) is 6.07 Å². The molecule has 2 aliphatic rings. The smallest absolute Gasteiger partial charge is 0.295 e. The first-order chi connectivity index (χ1) is 16.4. The summed E-state index contributed by atoms with van der Waals surface area (Å²) in [6, 6.07) is 11.3.